The van der Waals surface area contributed by atoms with E-state index in [0.717, 1.165) is 0 Å². The summed E-state index contributed by atoms with van der Waals surface area (Å²) < 4.78 is 25.5. The van der Waals surface area contributed by atoms with Gasteiger partial charge in [-0.2, -0.15) is 0 Å². The molecule has 0 aliphatic heterocycles. The maximum atomic E-state index is 12.2. The van der Waals surface area contributed by atoms with Gasteiger partial charge in [-0.3, -0.25) is 0 Å². The van der Waals surface area contributed by atoms with Gasteiger partial charge >= 0.3 is 0 Å². The van der Waals surface area contributed by atoms with E-state index >= 15 is 0 Å². The minimum atomic E-state index is -3.59. The van der Waals surface area contributed by atoms with Crippen molar-refractivity contribution in [2.75, 3.05) is 13.6 Å². The van der Waals surface area contributed by atoms with E-state index in [1.807, 2.05) is 0 Å². The van der Waals surface area contributed by atoms with E-state index in [-0.39, 0.29) is 16.5 Å². The molecule has 1 aromatic carbocycles. The second-order valence-electron chi connectivity index (χ2n) is 4.04. The van der Waals surface area contributed by atoms with Crippen LogP contribution in [0.1, 0.15) is 13.3 Å². The Morgan fingerprint density at radius 3 is 2.44 bits per heavy atom. The Labute approximate surface area is 117 Å². The zero-order valence-electron chi connectivity index (χ0n) is 10.1. The van der Waals surface area contributed by atoms with Gasteiger partial charge in [-0.25, -0.2) is 12.7 Å². The van der Waals surface area contributed by atoms with Crippen molar-refractivity contribution >= 4 is 33.2 Å². The third kappa shape index (κ3) is 3.83. The van der Waals surface area contributed by atoms with Crippen LogP contribution in [0.4, 0.5) is 0 Å². The average Bonchev–Trinajstić information content (AvgIpc) is 2.29. The monoisotopic (exact) mass is 311 g/mol. The van der Waals surface area contributed by atoms with Gasteiger partial charge in [0.05, 0.1) is 21.0 Å². The second kappa shape index (κ2) is 6.21. The van der Waals surface area contributed by atoms with Gasteiger partial charge in [0.25, 0.3) is 0 Å². The summed E-state index contributed by atoms with van der Waals surface area (Å²) in [6, 6.07) is 4.17. The van der Waals surface area contributed by atoms with Gasteiger partial charge in [-0.1, -0.05) is 23.2 Å². The molecule has 102 valence electrons. The summed E-state index contributed by atoms with van der Waals surface area (Å²) in [5.74, 6) is 0. The highest BCUT2D eigenvalue weighted by Crippen LogP contribution is 2.26. The molecule has 1 N–H and O–H groups in total. The Morgan fingerprint density at radius 1 is 1.33 bits per heavy atom. The standard InChI is InChI=1S/C11H15Cl2NO3S/c1-8(15)5-6-14(2)18(16,17)9-3-4-10(12)11(13)7-9/h3-4,7-8,15H,5-6H2,1-2H3. The quantitative estimate of drug-likeness (QED) is 0.908. The Bertz CT molecular complexity index is 517. The molecule has 0 bridgehead atoms. The largest absolute Gasteiger partial charge is 0.393 e. The Hall–Kier alpha value is -0.330. The summed E-state index contributed by atoms with van der Waals surface area (Å²) in [5.41, 5.74) is 0. The van der Waals surface area contributed by atoms with Crippen LogP contribution in [0.5, 0.6) is 0 Å². The Morgan fingerprint density at radius 2 is 1.94 bits per heavy atom. The number of aliphatic hydroxyl groups is 1. The third-order valence-electron chi connectivity index (χ3n) is 2.46. The summed E-state index contributed by atoms with van der Waals surface area (Å²) in [6.45, 7) is 1.85. The third-order valence-corrected chi connectivity index (χ3v) is 5.05. The molecule has 0 saturated carbocycles. The van der Waals surface area contributed by atoms with Gasteiger partial charge in [-0.05, 0) is 31.5 Å². The molecule has 1 aromatic rings. The molecule has 0 amide bonds. The number of hydrogen-bond donors (Lipinski definition) is 1. The van der Waals surface area contributed by atoms with E-state index in [4.69, 9.17) is 28.3 Å². The van der Waals surface area contributed by atoms with Gasteiger partial charge in [0, 0.05) is 13.6 Å². The van der Waals surface area contributed by atoms with E-state index in [2.05, 4.69) is 0 Å². The number of rotatable bonds is 5. The van der Waals surface area contributed by atoms with E-state index < -0.39 is 16.1 Å². The topological polar surface area (TPSA) is 57.6 Å². The summed E-state index contributed by atoms with van der Waals surface area (Å²) in [4.78, 5) is 0.0880. The molecule has 1 rings (SSSR count). The Balaban J connectivity index is 2.95. The molecule has 0 radical (unpaired) electrons. The highest BCUT2D eigenvalue weighted by molar-refractivity contribution is 7.89. The lowest BCUT2D eigenvalue weighted by atomic mass is 10.3. The zero-order chi connectivity index (χ0) is 13.9. The first-order valence-electron chi connectivity index (χ1n) is 5.34. The highest BCUT2D eigenvalue weighted by atomic mass is 35.5. The second-order valence-corrected chi connectivity index (χ2v) is 6.90. The fourth-order valence-corrected chi connectivity index (χ4v) is 2.88. The van der Waals surface area contributed by atoms with Crippen LogP contribution in [0.15, 0.2) is 23.1 Å². The first-order valence-corrected chi connectivity index (χ1v) is 7.54. The number of aliphatic hydroxyl groups excluding tert-OH is 1. The molecule has 1 unspecified atom stereocenters. The summed E-state index contributed by atoms with van der Waals surface area (Å²) in [6.07, 6.45) is -0.173. The number of nitrogens with zero attached hydrogens (tertiary/aromatic N) is 1. The SMILES string of the molecule is CC(O)CCN(C)S(=O)(=O)c1ccc(Cl)c(Cl)c1. The minimum absolute atomic E-state index is 0.0880. The summed E-state index contributed by atoms with van der Waals surface area (Å²) in [5, 5.41) is 9.66. The fraction of sp³-hybridized carbons (Fsp3) is 0.455. The number of hydrogen-bond acceptors (Lipinski definition) is 3. The molecule has 0 fully saturated rings. The average molecular weight is 312 g/mol. The molecular weight excluding hydrogens is 297 g/mol. The van der Waals surface area contributed by atoms with Crippen molar-refractivity contribution in [2.45, 2.75) is 24.3 Å². The molecule has 0 heterocycles. The van der Waals surface area contributed by atoms with Gasteiger partial charge in [0.15, 0.2) is 0 Å². The van der Waals surface area contributed by atoms with Crippen molar-refractivity contribution in [2.24, 2.45) is 0 Å². The molecule has 0 aliphatic rings. The van der Waals surface area contributed by atoms with Crippen molar-refractivity contribution in [3.63, 3.8) is 0 Å². The van der Waals surface area contributed by atoms with Crippen molar-refractivity contribution in [1.82, 2.24) is 4.31 Å². The number of benzene rings is 1. The molecule has 0 aliphatic carbocycles. The van der Waals surface area contributed by atoms with Crippen LogP contribution in [0, 0.1) is 0 Å². The number of sulfonamides is 1. The van der Waals surface area contributed by atoms with Gasteiger partial charge in [0.2, 0.25) is 10.0 Å². The molecule has 0 spiro atoms. The first-order chi connectivity index (χ1) is 8.25. The zero-order valence-corrected chi connectivity index (χ0v) is 12.4. The van der Waals surface area contributed by atoms with E-state index in [1.165, 1.54) is 29.6 Å². The van der Waals surface area contributed by atoms with Crippen molar-refractivity contribution in [3.05, 3.63) is 28.2 Å². The van der Waals surface area contributed by atoms with Crippen LogP contribution in [-0.2, 0) is 10.0 Å². The molecule has 0 saturated heterocycles. The smallest absolute Gasteiger partial charge is 0.242 e. The number of halogens is 2. The first kappa shape index (κ1) is 15.7. The van der Waals surface area contributed by atoms with Crippen LogP contribution in [0.25, 0.3) is 0 Å². The van der Waals surface area contributed by atoms with Crippen LogP contribution in [0.3, 0.4) is 0 Å². The van der Waals surface area contributed by atoms with E-state index in [1.54, 1.807) is 6.92 Å². The van der Waals surface area contributed by atoms with E-state index in [9.17, 15) is 8.42 Å². The van der Waals surface area contributed by atoms with Crippen molar-refractivity contribution in [3.8, 4) is 0 Å². The van der Waals surface area contributed by atoms with Crippen LogP contribution < -0.4 is 0 Å². The lowest BCUT2D eigenvalue weighted by Crippen LogP contribution is -2.29. The van der Waals surface area contributed by atoms with Crippen LogP contribution in [-0.4, -0.2) is 37.5 Å². The van der Waals surface area contributed by atoms with Crippen molar-refractivity contribution in [1.29, 1.82) is 0 Å². The summed E-state index contributed by atoms with van der Waals surface area (Å²) >= 11 is 11.5. The van der Waals surface area contributed by atoms with Crippen molar-refractivity contribution < 1.29 is 13.5 Å². The molecule has 18 heavy (non-hydrogen) atoms. The molecule has 0 aromatic heterocycles. The molecule has 7 heteroatoms. The Kier molecular flexibility index (Phi) is 5.43. The fourth-order valence-electron chi connectivity index (χ4n) is 1.31. The lowest BCUT2D eigenvalue weighted by molar-refractivity contribution is 0.177. The van der Waals surface area contributed by atoms with Crippen LogP contribution >= 0.6 is 23.2 Å². The predicted molar refractivity (Wildman–Crippen MR) is 72.6 cm³/mol. The van der Waals surface area contributed by atoms with Crippen LogP contribution in [0.2, 0.25) is 10.0 Å². The minimum Gasteiger partial charge on any atom is -0.393 e. The van der Waals surface area contributed by atoms with Gasteiger partial charge < -0.3 is 5.11 Å². The van der Waals surface area contributed by atoms with Gasteiger partial charge in [-0.15, -0.1) is 0 Å². The normalized spacial score (nSPS) is 13.9. The maximum Gasteiger partial charge on any atom is 0.242 e. The molecule has 4 nitrogen and oxygen atoms in total. The lowest BCUT2D eigenvalue weighted by Gasteiger charge is -2.18. The molecule has 1 atom stereocenters. The van der Waals surface area contributed by atoms with Gasteiger partial charge in [0.1, 0.15) is 0 Å². The summed E-state index contributed by atoms with van der Waals surface area (Å²) in [7, 11) is -2.14. The highest BCUT2D eigenvalue weighted by Gasteiger charge is 2.21. The molecular formula is C11H15Cl2NO3S. The predicted octanol–water partition coefficient (Wildman–Crippen LogP) is 2.38. The maximum absolute atomic E-state index is 12.2. The van der Waals surface area contributed by atoms with E-state index in [0.29, 0.717) is 11.4 Å².